The van der Waals surface area contributed by atoms with Gasteiger partial charge < -0.3 is 4.74 Å². The Morgan fingerprint density at radius 1 is 1.33 bits per heavy atom. The molecule has 0 saturated heterocycles. The predicted octanol–water partition coefficient (Wildman–Crippen LogP) is 3.20. The van der Waals surface area contributed by atoms with Crippen LogP contribution >= 0.6 is 22.6 Å². The molecule has 1 N–H and O–H groups in total. The lowest BCUT2D eigenvalue weighted by Crippen LogP contribution is -2.17. The average Bonchev–Trinajstić information content (AvgIpc) is 2.47. The van der Waals surface area contributed by atoms with Crippen molar-refractivity contribution in [3.05, 3.63) is 63.0 Å². The number of nitrogens with one attached hydrogen (secondary N) is 1. The molecule has 21 heavy (non-hydrogen) atoms. The monoisotopic (exact) mass is 398 g/mol. The van der Waals surface area contributed by atoms with E-state index in [-0.39, 0.29) is 5.56 Å². The zero-order valence-corrected chi connectivity index (χ0v) is 13.3. The van der Waals surface area contributed by atoms with Crippen molar-refractivity contribution in [3.63, 3.8) is 0 Å². The number of hydrazone groups is 1. The van der Waals surface area contributed by atoms with Gasteiger partial charge in [-0.05, 0) is 64.6 Å². The van der Waals surface area contributed by atoms with Crippen LogP contribution < -0.4 is 10.2 Å². The van der Waals surface area contributed by atoms with E-state index < -0.39 is 11.7 Å². The van der Waals surface area contributed by atoms with Gasteiger partial charge in [-0.1, -0.05) is 6.07 Å². The van der Waals surface area contributed by atoms with Crippen molar-refractivity contribution in [1.82, 2.24) is 5.43 Å². The fourth-order valence-corrected chi connectivity index (χ4v) is 2.38. The van der Waals surface area contributed by atoms with Gasteiger partial charge in [-0.25, -0.2) is 9.82 Å². The first-order valence-corrected chi connectivity index (χ1v) is 7.10. The van der Waals surface area contributed by atoms with Crippen molar-refractivity contribution in [2.45, 2.75) is 0 Å². The second kappa shape index (κ2) is 7.16. The topological polar surface area (TPSA) is 50.7 Å². The van der Waals surface area contributed by atoms with Gasteiger partial charge in [-0.2, -0.15) is 5.10 Å². The normalized spacial score (nSPS) is 10.6. The molecule has 0 aliphatic heterocycles. The molecule has 0 heterocycles. The summed E-state index contributed by atoms with van der Waals surface area (Å²) in [5.41, 5.74) is 3.39. The maximum atomic E-state index is 13.0. The Kier molecular flexibility index (Phi) is 5.26. The highest BCUT2D eigenvalue weighted by Gasteiger charge is 2.04. The van der Waals surface area contributed by atoms with Crippen molar-refractivity contribution in [3.8, 4) is 5.75 Å². The lowest BCUT2D eigenvalue weighted by Gasteiger charge is -2.03. The molecule has 4 nitrogen and oxygen atoms in total. The number of hydrogen-bond acceptors (Lipinski definition) is 3. The summed E-state index contributed by atoms with van der Waals surface area (Å²) in [6, 6.07) is 10.9. The molecule has 0 unspecified atom stereocenters. The van der Waals surface area contributed by atoms with Crippen LogP contribution in [0.2, 0.25) is 0 Å². The maximum absolute atomic E-state index is 13.0. The van der Waals surface area contributed by atoms with Crippen molar-refractivity contribution >= 4 is 34.7 Å². The lowest BCUT2D eigenvalue weighted by molar-refractivity contribution is 0.0954. The molecule has 0 spiro atoms. The highest BCUT2D eigenvalue weighted by Crippen LogP contribution is 2.20. The number of hydrogen-bond donors (Lipinski definition) is 1. The Bertz CT molecular complexity index is 689. The maximum Gasteiger partial charge on any atom is 0.271 e. The van der Waals surface area contributed by atoms with Gasteiger partial charge in [0.1, 0.15) is 11.6 Å². The molecule has 108 valence electrons. The number of carbonyl (C=O) groups excluding carboxylic acids is 1. The fourth-order valence-electron chi connectivity index (χ4n) is 1.62. The van der Waals surface area contributed by atoms with Gasteiger partial charge in [0.2, 0.25) is 0 Å². The van der Waals surface area contributed by atoms with Gasteiger partial charge in [0.05, 0.1) is 16.9 Å². The van der Waals surface area contributed by atoms with Crippen LogP contribution in [0.3, 0.4) is 0 Å². The van der Waals surface area contributed by atoms with Crippen LogP contribution in [-0.4, -0.2) is 19.2 Å². The second-order valence-electron chi connectivity index (χ2n) is 4.10. The number of halogens is 2. The van der Waals surface area contributed by atoms with Crippen LogP contribution in [0.15, 0.2) is 47.6 Å². The first-order chi connectivity index (χ1) is 10.1. The number of ether oxygens (including phenoxy) is 1. The van der Waals surface area contributed by atoms with E-state index in [1.807, 2.05) is 18.2 Å². The molecule has 1 amide bonds. The fraction of sp³-hybridized carbons (Fsp3) is 0.0667. The molecule has 0 fully saturated rings. The minimum Gasteiger partial charge on any atom is -0.496 e. The van der Waals surface area contributed by atoms with Gasteiger partial charge >= 0.3 is 0 Å². The van der Waals surface area contributed by atoms with E-state index in [4.69, 9.17) is 4.74 Å². The molecule has 0 radical (unpaired) electrons. The van der Waals surface area contributed by atoms with Crippen LogP contribution in [0.25, 0.3) is 0 Å². The van der Waals surface area contributed by atoms with E-state index in [1.54, 1.807) is 7.11 Å². The number of amides is 1. The third-order valence-corrected chi connectivity index (χ3v) is 3.49. The Hall–Kier alpha value is -1.96. The zero-order chi connectivity index (χ0) is 15.2. The van der Waals surface area contributed by atoms with Crippen molar-refractivity contribution in [2.24, 2.45) is 5.10 Å². The molecule has 2 aromatic carbocycles. The van der Waals surface area contributed by atoms with Gasteiger partial charge in [0.15, 0.2) is 0 Å². The highest BCUT2D eigenvalue weighted by molar-refractivity contribution is 14.1. The second-order valence-corrected chi connectivity index (χ2v) is 5.27. The molecule has 0 aliphatic carbocycles. The summed E-state index contributed by atoms with van der Waals surface area (Å²) in [5.74, 6) is -0.151. The number of methoxy groups -OCH3 is 1. The Morgan fingerprint density at radius 3 is 2.81 bits per heavy atom. The first kappa shape index (κ1) is 15.4. The third kappa shape index (κ3) is 4.25. The minimum atomic E-state index is -0.464. The van der Waals surface area contributed by atoms with Crippen molar-refractivity contribution < 1.29 is 13.9 Å². The van der Waals surface area contributed by atoms with Crippen molar-refractivity contribution in [2.75, 3.05) is 7.11 Å². The van der Waals surface area contributed by atoms with E-state index in [1.165, 1.54) is 24.4 Å². The number of rotatable bonds is 4. The SMILES string of the molecule is COc1ccc(C=NNC(=O)c2cccc(F)c2)cc1I. The number of benzene rings is 2. The van der Waals surface area contributed by atoms with E-state index in [9.17, 15) is 9.18 Å². The molecule has 0 atom stereocenters. The summed E-state index contributed by atoms with van der Waals surface area (Å²) in [5, 5.41) is 3.85. The number of carbonyl (C=O) groups is 1. The summed E-state index contributed by atoms with van der Waals surface area (Å²) in [6.07, 6.45) is 1.51. The summed E-state index contributed by atoms with van der Waals surface area (Å²) in [6.45, 7) is 0. The quantitative estimate of drug-likeness (QED) is 0.489. The van der Waals surface area contributed by atoms with Gasteiger partial charge in [-0.15, -0.1) is 0 Å². The summed E-state index contributed by atoms with van der Waals surface area (Å²) in [7, 11) is 1.60. The Morgan fingerprint density at radius 2 is 2.14 bits per heavy atom. The third-order valence-electron chi connectivity index (χ3n) is 2.64. The molecule has 2 rings (SSSR count). The first-order valence-electron chi connectivity index (χ1n) is 6.02. The predicted molar refractivity (Wildman–Crippen MR) is 87.2 cm³/mol. The summed E-state index contributed by atoms with van der Waals surface area (Å²) < 4.78 is 19.1. The Balaban J connectivity index is 2.02. The summed E-state index contributed by atoms with van der Waals surface area (Å²) in [4.78, 5) is 11.7. The van der Waals surface area contributed by atoms with Crippen LogP contribution in [0.4, 0.5) is 4.39 Å². The zero-order valence-electron chi connectivity index (χ0n) is 11.1. The van der Waals surface area contributed by atoms with Gasteiger partial charge in [0, 0.05) is 5.56 Å². The molecular formula is C15H12FIN2O2. The molecule has 2 aromatic rings. The lowest BCUT2D eigenvalue weighted by atomic mass is 10.2. The largest absolute Gasteiger partial charge is 0.496 e. The van der Waals surface area contributed by atoms with Crippen LogP contribution in [0.1, 0.15) is 15.9 Å². The Labute approximate surface area is 135 Å². The van der Waals surface area contributed by atoms with E-state index >= 15 is 0 Å². The minimum absolute atomic E-state index is 0.219. The molecule has 0 bridgehead atoms. The van der Waals surface area contributed by atoms with Crippen molar-refractivity contribution in [1.29, 1.82) is 0 Å². The van der Waals surface area contributed by atoms with Crippen LogP contribution in [0, 0.1) is 9.39 Å². The van der Waals surface area contributed by atoms with Gasteiger partial charge in [-0.3, -0.25) is 4.79 Å². The molecule has 0 aromatic heterocycles. The van der Waals surface area contributed by atoms with E-state index in [0.29, 0.717) is 0 Å². The molecule has 0 aliphatic rings. The molecule has 6 heteroatoms. The standard InChI is InChI=1S/C15H12FIN2O2/c1-21-14-6-5-10(7-13(14)17)9-18-19-15(20)11-3-2-4-12(16)8-11/h2-9H,1H3,(H,19,20). The highest BCUT2D eigenvalue weighted by atomic mass is 127. The molecule has 0 saturated carbocycles. The van der Waals surface area contributed by atoms with Crippen LogP contribution in [-0.2, 0) is 0 Å². The number of nitrogens with zero attached hydrogens (tertiary/aromatic N) is 1. The van der Waals surface area contributed by atoms with Gasteiger partial charge in [0.25, 0.3) is 5.91 Å². The van der Waals surface area contributed by atoms with E-state index in [2.05, 4.69) is 33.1 Å². The smallest absolute Gasteiger partial charge is 0.271 e. The van der Waals surface area contributed by atoms with E-state index in [0.717, 1.165) is 20.9 Å². The van der Waals surface area contributed by atoms with Crippen LogP contribution in [0.5, 0.6) is 5.75 Å². The average molecular weight is 398 g/mol. The summed E-state index contributed by atoms with van der Waals surface area (Å²) >= 11 is 2.15. The molecular weight excluding hydrogens is 386 g/mol.